The third kappa shape index (κ3) is 8.16. The maximum absolute atomic E-state index is 14.5. The van der Waals surface area contributed by atoms with Crippen molar-refractivity contribution >= 4 is 46.1 Å². The fourth-order valence-electron chi connectivity index (χ4n) is 6.18. The van der Waals surface area contributed by atoms with Gasteiger partial charge < -0.3 is 35.9 Å². The van der Waals surface area contributed by atoms with Crippen molar-refractivity contribution in [3.05, 3.63) is 46.8 Å². The van der Waals surface area contributed by atoms with Gasteiger partial charge in [-0.05, 0) is 31.5 Å². The molecule has 4 heterocycles. The number of anilines is 2. The number of nitrogens with one attached hydrogen (secondary N) is 1. The molecule has 1 fully saturated rings. The second-order valence-electron chi connectivity index (χ2n) is 11.8. The van der Waals surface area contributed by atoms with Crippen LogP contribution in [0.25, 0.3) is 22.2 Å². The van der Waals surface area contributed by atoms with Crippen LogP contribution in [0.1, 0.15) is 40.5 Å². The van der Waals surface area contributed by atoms with E-state index in [0.717, 1.165) is 67.4 Å². The lowest BCUT2D eigenvalue weighted by molar-refractivity contribution is -0.676. The van der Waals surface area contributed by atoms with Gasteiger partial charge in [-0.15, -0.1) is 0 Å². The first-order valence-electron chi connectivity index (χ1n) is 16.8. The number of imidazole rings is 1. The molecule has 270 valence electrons. The van der Waals surface area contributed by atoms with Crippen LogP contribution >= 0.6 is 11.6 Å². The zero-order chi connectivity index (χ0) is 35.8. The molecule has 0 unspecified atom stereocenters. The molecule has 5 N–H and O–H groups in total. The normalized spacial score (nSPS) is 13.6. The van der Waals surface area contributed by atoms with Crippen molar-refractivity contribution in [1.82, 2.24) is 39.4 Å². The van der Waals surface area contributed by atoms with Gasteiger partial charge in [-0.1, -0.05) is 11.6 Å². The number of benzene rings is 1. The summed E-state index contributed by atoms with van der Waals surface area (Å²) in [4.78, 5) is 39.8. The van der Waals surface area contributed by atoms with E-state index in [0.29, 0.717) is 45.0 Å². The predicted molar refractivity (Wildman–Crippen MR) is 189 cm³/mol. The molecule has 5 rings (SSSR count). The molecule has 0 aliphatic carbocycles. The lowest BCUT2D eigenvalue weighted by Crippen LogP contribution is -2.40. The first-order chi connectivity index (χ1) is 24.2. The standard InChI is InChI=1S/C33H46ClN11O5/c1-5-44-25-18-22(23-19-38-43(21-23)8-7-41-9-15-50-16-10-41)17-24(33(47)42(11-13-48-3)12-14-49-4)28(25)45(6-2)26(44)20-37-32(46)27-30(35)40-31(36)29(34)39-27/h17-19,21H,5-16,20H2,1-4H3,(H4-,35,36,37,40,46)/p+1. The fraction of sp³-hybridized carbons (Fsp3) is 0.515. The second-order valence-corrected chi connectivity index (χ2v) is 12.2. The molecule has 0 atom stereocenters. The Labute approximate surface area is 296 Å². The van der Waals surface area contributed by atoms with E-state index in [1.807, 2.05) is 37.0 Å². The number of nitrogens with two attached hydrogens (primary N) is 2. The molecule has 1 saturated heterocycles. The highest BCUT2D eigenvalue weighted by molar-refractivity contribution is 6.31. The Balaban J connectivity index is 1.57. The lowest BCUT2D eigenvalue weighted by atomic mass is 10.0. The van der Waals surface area contributed by atoms with E-state index in [9.17, 15) is 9.59 Å². The Bertz CT molecular complexity index is 1800. The molecular weight excluding hydrogens is 666 g/mol. The van der Waals surface area contributed by atoms with Crippen LogP contribution in [-0.4, -0.2) is 119 Å². The van der Waals surface area contributed by atoms with Crippen molar-refractivity contribution in [1.29, 1.82) is 0 Å². The number of rotatable bonds is 16. The maximum atomic E-state index is 14.5. The van der Waals surface area contributed by atoms with Crippen molar-refractivity contribution < 1.29 is 28.4 Å². The summed E-state index contributed by atoms with van der Waals surface area (Å²) in [6.45, 7) is 11.6. The van der Waals surface area contributed by atoms with Crippen LogP contribution in [0.5, 0.6) is 0 Å². The minimum absolute atomic E-state index is 0.0589. The quantitative estimate of drug-likeness (QED) is 0.143. The van der Waals surface area contributed by atoms with E-state index >= 15 is 0 Å². The summed E-state index contributed by atoms with van der Waals surface area (Å²) in [5.74, 6) is -0.120. The van der Waals surface area contributed by atoms with Gasteiger partial charge in [-0.3, -0.25) is 19.2 Å². The minimum Gasteiger partial charge on any atom is -0.383 e. The van der Waals surface area contributed by atoms with E-state index in [1.54, 1.807) is 19.1 Å². The topological polar surface area (TPSA) is 185 Å². The molecule has 17 heteroatoms. The van der Waals surface area contributed by atoms with Crippen LogP contribution in [0.15, 0.2) is 24.5 Å². The van der Waals surface area contributed by atoms with Crippen molar-refractivity contribution in [2.75, 3.05) is 84.8 Å². The molecule has 0 spiro atoms. The van der Waals surface area contributed by atoms with Gasteiger partial charge in [-0.2, -0.15) is 5.10 Å². The SMILES string of the molecule is CCn1c(CNC(=O)c2nc(Cl)c(N)nc2N)[n+](CC)c2cc(-c3cnn(CCN4CCOCC4)c3)cc(C(=O)N(CCOC)CCOC)c21. The summed E-state index contributed by atoms with van der Waals surface area (Å²) < 4.78 is 22.3. The Morgan fingerprint density at radius 1 is 1.04 bits per heavy atom. The van der Waals surface area contributed by atoms with Gasteiger partial charge in [0.25, 0.3) is 17.6 Å². The number of hydrogen-bond donors (Lipinski definition) is 3. The first-order valence-corrected chi connectivity index (χ1v) is 17.1. The molecule has 16 nitrogen and oxygen atoms in total. The number of halogens is 1. The van der Waals surface area contributed by atoms with Gasteiger partial charge in [0.15, 0.2) is 33.5 Å². The average molecular weight is 713 g/mol. The predicted octanol–water partition coefficient (Wildman–Crippen LogP) is 1.44. The highest BCUT2D eigenvalue weighted by Gasteiger charge is 2.31. The highest BCUT2D eigenvalue weighted by atomic mass is 35.5. The van der Waals surface area contributed by atoms with E-state index in [1.165, 1.54) is 0 Å². The zero-order valence-corrected chi connectivity index (χ0v) is 29.9. The molecular formula is C33H47ClN11O5+. The molecule has 50 heavy (non-hydrogen) atoms. The van der Waals surface area contributed by atoms with E-state index in [2.05, 4.69) is 40.5 Å². The van der Waals surface area contributed by atoms with Crippen molar-refractivity contribution in [2.45, 2.75) is 40.0 Å². The molecule has 1 aliphatic rings. The number of aromatic nitrogens is 6. The average Bonchev–Trinajstić information content (AvgIpc) is 3.73. The number of methoxy groups -OCH3 is 2. The van der Waals surface area contributed by atoms with Gasteiger partial charge in [0.2, 0.25) is 0 Å². The fourth-order valence-corrected chi connectivity index (χ4v) is 6.31. The van der Waals surface area contributed by atoms with Gasteiger partial charge in [-0.25, -0.2) is 19.1 Å². The summed E-state index contributed by atoms with van der Waals surface area (Å²) in [5, 5.41) is 7.46. The Hall–Kier alpha value is -4.35. The number of nitrogen functional groups attached to an aromatic ring is 2. The molecule has 4 aromatic rings. The van der Waals surface area contributed by atoms with Crippen molar-refractivity contribution in [3.8, 4) is 11.1 Å². The summed E-state index contributed by atoms with van der Waals surface area (Å²) in [6.07, 6.45) is 3.85. The molecule has 1 aliphatic heterocycles. The van der Waals surface area contributed by atoms with Crippen LogP contribution in [0.4, 0.5) is 11.6 Å². The van der Waals surface area contributed by atoms with E-state index in [-0.39, 0.29) is 34.9 Å². The Morgan fingerprint density at radius 3 is 2.42 bits per heavy atom. The van der Waals surface area contributed by atoms with Crippen molar-refractivity contribution in [3.63, 3.8) is 0 Å². The number of aryl methyl sites for hydroxylation is 2. The number of amides is 2. The number of carbonyl (C=O) groups is 2. The smallest absolute Gasteiger partial charge is 0.277 e. The molecule has 0 radical (unpaired) electrons. The van der Waals surface area contributed by atoms with Gasteiger partial charge in [0, 0.05) is 58.7 Å². The maximum Gasteiger partial charge on any atom is 0.277 e. The first kappa shape index (κ1) is 36.9. The van der Waals surface area contributed by atoms with Crippen LogP contribution < -0.4 is 21.4 Å². The number of nitrogens with zero attached hydrogens (tertiary/aromatic N) is 8. The highest BCUT2D eigenvalue weighted by Crippen LogP contribution is 2.29. The number of fused-ring (bicyclic) bond motifs is 1. The summed E-state index contributed by atoms with van der Waals surface area (Å²) in [5.41, 5.74) is 15.4. The Kier molecular flexibility index (Phi) is 12.6. The number of hydrogen-bond acceptors (Lipinski definition) is 11. The largest absolute Gasteiger partial charge is 0.383 e. The lowest BCUT2D eigenvalue weighted by Gasteiger charge is -2.26. The zero-order valence-electron chi connectivity index (χ0n) is 29.2. The second kappa shape index (κ2) is 17.0. The third-order valence-electron chi connectivity index (χ3n) is 8.80. The summed E-state index contributed by atoms with van der Waals surface area (Å²) in [6, 6.07) is 4.01. The molecule has 0 saturated carbocycles. The third-order valence-corrected chi connectivity index (χ3v) is 9.08. The number of ether oxygens (including phenoxy) is 3. The van der Waals surface area contributed by atoms with Crippen LogP contribution in [0, 0.1) is 0 Å². The van der Waals surface area contributed by atoms with Crippen LogP contribution in [0.2, 0.25) is 5.15 Å². The molecule has 0 bridgehead atoms. The van der Waals surface area contributed by atoms with Crippen LogP contribution in [0.3, 0.4) is 0 Å². The summed E-state index contributed by atoms with van der Waals surface area (Å²) in [7, 11) is 3.22. The molecule has 3 aromatic heterocycles. The monoisotopic (exact) mass is 712 g/mol. The van der Waals surface area contributed by atoms with Crippen LogP contribution in [-0.2, 0) is 40.4 Å². The Morgan fingerprint density at radius 2 is 1.76 bits per heavy atom. The number of carbonyl (C=O) groups excluding carboxylic acids is 2. The molecule has 2 amide bonds. The van der Waals surface area contributed by atoms with Crippen molar-refractivity contribution in [2.24, 2.45) is 0 Å². The summed E-state index contributed by atoms with van der Waals surface area (Å²) >= 11 is 6.05. The van der Waals surface area contributed by atoms with Gasteiger partial charge >= 0.3 is 0 Å². The minimum atomic E-state index is -0.556. The van der Waals surface area contributed by atoms with E-state index in [4.69, 9.17) is 37.3 Å². The van der Waals surface area contributed by atoms with E-state index < -0.39 is 5.91 Å². The van der Waals surface area contributed by atoms with Gasteiger partial charge in [0.1, 0.15) is 6.54 Å². The number of morpholine rings is 1. The van der Waals surface area contributed by atoms with Gasteiger partial charge in [0.05, 0.1) is 57.8 Å². The molecule has 1 aromatic carbocycles.